The average Bonchev–Trinajstić information content (AvgIpc) is 4.00. The Balaban J connectivity index is 0.961. The molecule has 0 bridgehead atoms. The van der Waals surface area contributed by atoms with E-state index in [-0.39, 0.29) is 31.1 Å². The Morgan fingerprint density at radius 2 is 1.64 bits per heavy atom. The van der Waals surface area contributed by atoms with Crippen LogP contribution in [0.3, 0.4) is 0 Å². The number of hydrogen-bond acceptors (Lipinski definition) is 10. The molecule has 2 aromatic carbocycles. The molecule has 18 heteroatoms. The summed E-state index contributed by atoms with van der Waals surface area (Å²) >= 11 is 2.02. The first-order valence-electron chi connectivity index (χ1n) is 26.2. The lowest BCUT2D eigenvalue weighted by atomic mass is 9.70. The average molecular weight is 1050 g/mol. The van der Waals surface area contributed by atoms with Crippen molar-refractivity contribution >= 4 is 69.6 Å². The summed E-state index contributed by atoms with van der Waals surface area (Å²) in [6, 6.07) is 9.32. The fourth-order valence-electron chi connectivity index (χ4n) is 10.5. The summed E-state index contributed by atoms with van der Waals surface area (Å²) in [7, 11) is 0. The number of aromatic nitrogens is 3. The van der Waals surface area contributed by atoms with Crippen molar-refractivity contribution in [3.05, 3.63) is 98.1 Å². The summed E-state index contributed by atoms with van der Waals surface area (Å²) in [6.45, 7) is 12.5. The van der Waals surface area contributed by atoms with E-state index in [4.69, 9.17) is 10.8 Å². The highest BCUT2D eigenvalue weighted by atomic mass is 32.2. The van der Waals surface area contributed by atoms with E-state index in [2.05, 4.69) is 119 Å². The van der Waals surface area contributed by atoms with E-state index >= 15 is 0 Å². The summed E-state index contributed by atoms with van der Waals surface area (Å²) in [5.74, 6) is 8.28. The highest BCUT2D eigenvalue weighted by Crippen LogP contribution is 2.59. The molecule has 3 aliphatic carbocycles. The molecule has 1 aliphatic heterocycles. The largest absolute Gasteiger partial charge is 0.481 e. The number of carboxylic acid groups (broad SMARTS) is 2. The smallest absolute Gasteiger partial charge is 0.305 e. The number of carbonyl (C=O) groups is 7. The van der Waals surface area contributed by atoms with Crippen molar-refractivity contribution in [2.75, 3.05) is 6.54 Å². The Kier molecular flexibility index (Phi) is 19.2. The number of carboxylic acids is 2. The van der Waals surface area contributed by atoms with Crippen LogP contribution in [0, 0.1) is 47.4 Å². The van der Waals surface area contributed by atoms with Crippen molar-refractivity contribution in [2.45, 2.75) is 142 Å². The number of aryl methyl sites for hydroxylation is 2. The van der Waals surface area contributed by atoms with E-state index in [0.717, 1.165) is 56.9 Å². The lowest BCUT2D eigenvalue weighted by Gasteiger charge is -2.40. The van der Waals surface area contributed by atoms with E-state index in [0.29, 0.717) is 30.5 Å². The standard InChI is InChI=1S/C58H68N8O9S/c1-6-7-8-13-33(2)42-29-44-48(27-34(42)3)76-47-22-17-37(28-43(47)55(44)53-35(4)26-39-19-18-38-15-9-10-16-41(38)54(39)53)14-11-12-25-66-32-40(64-65-66)20-23-49(67)63-46(30-52(71)72)57(74)60-31-50(68)62-45(21-24-51(69)70)58(75)61-36(5)56(59)73/h9-10,15-16,18-19,32,34-37,42,45-46H,2,6-7,12,17,20-31H2,1,3-5H3,(H2,59,73)(H,60,74)(H,61,75)(H,62,68)(H,63,67)(H,69,70)(H,71,72)/b55-53+/t34-,35+,36-,37+,42-,45-,46-/m0/s1. The zero-order chi connectivity index (χ0) is 54.6. The molecule has 8 N–H and O–H groups in total. The number of nitrogens with zero attached hydrogens (tertiary/aromatic N) is 3. The minimum atomic E-state index is -1.55. The zero-order valence-corrected chi connectivity index (χ0v) is 44.5. The molecule has 3 aromatic rings. The van der Waals surface area contributed by atoms with Crippen LogP contribution in [0.4, 0.5) is 0 Å². The third-order valence-corrected chi connectivity index (χ3v) is 15.8. The number of hydrogen-bond donors (Lipinski definition) is 7. The van der Waals surface area contributed by atoms with Gasteiger partial charge in [0.25, 0.3) is 0 Å². The number of carbonyl (C=O) groups excluding carboxylic acids is 5. The first-order chi connectivity index (χ1) is 36.4. The molecule has 76 heavy (non-hydrogen) atoms. The van der Waals surface area contributed by atoms with Gasteiger partial charge in [-0.1, -0.05) is 98.5 Å². The molecule has 5 amide bonds. The molecule has 2 heterocycles. The third-order valence-electron chi connectivity index (χ3n) is 14.5. The second-order valence-corrected chi connectivity index (χ2v) is 21.5. The lowest BCUT2D eigenvalue weighted by molar-refractivity contribution is -0.141. The normalized spacial score (nSPS) is 20.7. The van der Waals surface area contributed by atoms with Crippen molar-refractivity contribution in [3.63, 3.8) is 0 Å². The molecule has 17 nitrogen and oxygen atoms in total. The number of unbranched alkanes of at least 4 members (excludes halogenated alkanes) is 1. The summed E-state index contributed by atoms with van der Waals surface area (Å²) in [5.41, 5.74) is 15.4. The van der Waals surface area contributed by atoms with E-state index in [1.54, 1.807) is 10.9 Å². The van der Waals surface area contributed by atoms with E-state index in [9.17, 15) is 38.7 Å². The maximum Gasteiger partial charge on any atom is 0.305 e. The maximum atomic E-state index is 13.0. The predicted octanol–water partition coefficient (Wildman–Crippen LogP) is 6.28. The van der Waals surface area contributed by atoms with Gasteiger partial charge in [-0.3, -0.25) is 38.2 Å². The topological polar surface area (TPSA) is 265 Å². The second-order valence-electron chi connectivity index (χ2n) is 20.3. The molecule has 0 radical (unpaired) electrons. The van der Waals surface area contributed by atoms with Crippen LogP contribution in [0.5, 0.6) is 0 Å². The van der Waals surface area contributed by atoms with Crippen LogP contribution in [-0.4, -0.2) is 91.4 Å². The molecule has 0 fully saturated rings. The van der Waals surface area contributed by atoms with E-state index in [1.165, 1.54) is 60.9 Å². The van der Waals surface area contributed by atoms with Crippen molar-refractivity contribution in [2.24, 2.45) is 29.4 Å². The van der Waals surface area contributed by atoms with Gasteiger partial charge in [-0.05, 0) is 136 Å². The number of aliphatic carboxylic acids is 2. The van der Waals surface area contributed by atoms with Gasteiger partial charge in [0.1, 0.15) is 18.1 Å². The molecular weight excluding hydrogens is 985 g/mol. The first kappa shape index (κ1) is 56.3. The molecule has 7 rings (SSSR count). The molecule has 0 unspecified atom stereocenters. The molecule has 4 aliphatic rings. The zero-order valence-electron chi connectivity index (χ0n) is 43.7. The summed E-state index contributed by atoms with van der Waals surface area (Å²) < 4.78 is 1.67. The third kappa shape index (κ3) is 14.3. The maximum absolute atomic E-state index is 13.0. The monoisotopic (exact) mass is 1050 g/mol. The number of primary amides is 1. The van der Waals surface area contributed by atoms with Crippen LogP contribution < -0.4 is 27.0 Å². The molecule has 1 aromatic heterocycles. The fraction of sp³-hybridized carbons (Fsp3) is 0.466. The first-order valence-corrected chi connectivity index (χ1v) is 27.0. The Morgan fingerprint density at radius 1 is 0.882 bits per heavy atom. The molecular formula is C58H68N8O9S. The summed E-state index contributed by atoms with van der Waals surface area (Å²) in [5, 5.41) is 38.8. The molecule has 0 spiro atoms. The van der Waals surface area contributed by atoms with Crippen LogP contribution in [-0.2, 0) is 52.9 Å². The summed E-state index contributed by atoms with van der Waals surface area (Å²) in [4.78, 5) is 88.5. The van der Waals surface area contributed by atoms with Gasteiger partial charge in [0.15, 0.2) is 0 Å². The molecule has 0 saturated carbocycles. The number of fused-ring (bicyclic) bond motifs is 3. The van der Waals surface area contributed by atoms with Gasteiger partial charge in [-0.15, -0.1) is 11.0 Å². The van der Waals surface area contributed by atoms with Crippen molar-refractivity contribution in [3.8, 4) is 23.7 Å². The lowest BCUT2D eigenvalue weighted by Crippen LogP contribution is -2.54. The van der Waals surface area contributed by atoms with Crippen molar-refractivity contribution < 1.29 is 43.8 Å². The van der Waals surface area contributed by atoms with Crippen LogP contribution in [0.1, 0.15) is 122 Å². The van der Waals surface area contributed by atoms with Gasteiger partial charge >= 0.3 is 11.9 Å². The highest BCUT2D eigenvalue weighted by molar-refractivity contribution is 8.06. The molecule has 0 saturated heterocycles. The Morgan fingerprint density at radius 3 is 2.39 bits per heavy atom. The summed E-state index contributed by atoms with van der Waals surface area (Å²) in [6.07, 6.45) is 8.33. The van der Waals surface area contributed by atoms with Crippen LogP contribution >= 0.6 is 11.8 Å². The van der Waals surface area contributed by atoms with Gasteiger partial charge < -0.3 is 37.2 Å². The Labute approximate surface area is 447 Å². The predicted molar refractivity (Wildman–Crippen MR) is 290 cm³/mol. The Bertz CT molecular complexity index is 3040. The van der Waals surface area contributed by atoms with Gasteiger partial charge in [0.05, 0.1) is 25.2 Å². The van der Waals surface area contributed by atoms with Gasteiger partial charge in [0, 0.05) is 44.2 Å². The fourth-order valence-corrected chi connectivity index (χ4v) is 12.0. The highest BCUT2D eigenvalue weighted by Gasteiger charge is 2.41. The number of thioether (sulfide) groups is 1. The molecule has 400 valence electrons. The van der Waals surface area contributed by atoms with Crippen molar-refractivity contribution in [1.82, 2.24) is 36.3 Å². The van der Waals surface area contributed by atoms with Crippen LogP contribution in [0.15, 0.2) is 81.3 Å². The SMILES string of the molecule is C=C(C#CCCC)[C@@H]1CC2=C(C[C@@H]1C)SC1=C(C[C@H](C#CCCn3cc(CCC(=O)N[C@@H](CC(=O)O)C(=O)NCC(=O)N[C@@H](CCC(=O)O)C(=O)N[C@@H](C)C(N)=O)nn3)CC1)/C2=C1\c2c(ccc3ccccc23)C[C@H]1C. The van der Waals surface area contributed by atoms with E-state index < -0.39 is 79.0 Å². The van der Waals surface area contributed by atoms with Crippen LogP contribution in [0.25, 0.3) is 16.3 Å². The minimum absolute atomic E-state index is 0.141. The number of nitrogens with two attached hydrogens (primary N) is 1. The number of nitrogens with one attached hydrogen (secondary N) is 4. The number of rotatable bonds is 20. The van der Waals surface area contributed by atoms with Gasteiger partial charge in [-0.2, -0.15) is 0 Å². The van der Waals surface area contributed by atoms with Crippen molar-refractivity contribution in [1.29, 1.82) is 0 Å². The minimum Gasteiger partial charge on any atom is -0.481 e. The second kappa shape index (κ2) is 25.9. The van der Waals surface area contributed by atoms with Crippen LogP contribution in [0.2, 0.25) is 0 Å². The van der Waals surface area contributed by atoms with Gasteiger partial charge in [-0.25, -0.2) is 0 Å². The quantitative estimate of drug-likeness (QED) is 0.0617. The number of amides is 5. The number of allylic oxidation sites excluding steroid dienone is 7. The molecule has 7 atom stereocenters. The Hall–Kier alpha value is -7.44. The van der Waals surface area contributed by atoms with E-state index in [1.807, 2.05) is 11.8 Å². The van der Waals surface area contributed by atoms with Gasteiger partial charge in [0.2, 0.25) is 29.5 Å². The number of benzene rings is 2.